The number of hydrogen-bond acceptors (Lipinski definition) is 3. The Hall–Kier alpha value is -0.990. The molecule has 1 aromatic rings. The fraction of sp³-hybridized carbons (Fsp3) is 0.650. The Morgan fingerprint density at radius 1 is 1.11 bits per heavy atom. The summed E-state index contributed by atoms with van der Waals surface area (Å²) in [7, 11) is -4.18. The molecule has 1 amide bonds. The lowest BCUT2D eigenvalue weighted by Gasteiger charge is -2.54. The molecular formula is C20H26BrFN2O3S. The topological polar surface area (TPSA) is 75.3 Å². The smallest absolute Gasteiger partial charge is 0.244 e. The predicted octanol–water partition coefficient (Wildman–Crippen LogP) is 3.59. The van der Waals surface area contributed by atoms with E-state index in [4.69, 9.17) is 0 Å². The van der Waals surface area contributed by atoms with E-state index in [0.717, 1.165) is 43.6 Å². The molecule has 154 valence electrons. The lowest BCUT2D eigenvalue weighted by Crippen LogP contribution is -2.62. The quantitative estimate of drug-likeness (QED) is 0.687. The summed E-state index contributed by atoms with van der Waals surface area (Å²) in [5, 5.41) is 3.13. The number of carbonyl (C=O) groups excluding carboxylic acids is 1. The van der Waals surface area contributed by atoms with E-state index in [-0.39, 0.29) is 11.9 Å². The van der Waals surface area contributed by atoms with Crippen molar-refractivity contribution in [2.75, 3.05) is 0 Å². The maximum absolute atomic E-state index is 14.1. The van der Waals surface area contributed by atoms with Crippen LogP contribution in [0, 0.1) is 29.5 Å². The van der Waals surface area contributed by atoms with Crippen LogP contribution in [0.3, 0.4) is 0 Å². The first-order chi connectivity index (χ1) is 13.0. The molecule has 0 spiro atoms. The van der Waals surface area contributed by atoms with Crippen LogP contribution in [0.4, 0.5) is 4.39 Å². The van der Waals surface area contributed by atoms with Crippen molar-refractivity contribution in [1.82, 2.24) is 10.0 Å². The Morgan fingerprint density at radius 2 is 1.68 bits per heavy atom. The number of halogens is 2. The van der Waals surface area contributed by atoms with Crippen LogP contribution in [-0.2, 0) is 14.8 Å². The van der Waals surface area contributed by atoms with Gasteiger partial charge in [-0.05, 0) is 87.8 Å². The standard InChI is InChI=1S/C20H26BrFN2O3S/c1-20(2,24-28(26,27)17-4-3-15(21)10-16(17)22)19(25)23-18-13-6-11-5-12(8-13)9-14(18)7-11/h3-4,10-14,18,24H,5-9H2,1-2H3,(H,23,25). The van der Waals surface area contributed by atoms with Crippen LogP contribution in [0.25, 0.3) is 0 Å². The highest BCUT2D eigenvalue weighted by Gasteiger charge is 2.49. The van der Waals surface area contributed by atoms with Crippen LogP contribution in [0.15, 0.2) is 27.6 Å². The van der Waals surface area contributed by atoms with Crippen LogP contribution in [0.2, 0.25) is 0 Å². The number of hydrogen-bond donors (Lipinski definition) is 2. The van der Waals surface area contributed by atoms with Gasteiger partial charge >= 0.3 is 0 Å². The van der Waals surface area contributed by atoms with Gasteiger partial charge in [0.15, 0.2) is 0 Å². The monoisotopic (exact) mass is 472 g/mol. The van der Waals surface area contributed by atoms with Crippen LogP contribution in [-0.4, -0.2) is 25.9 Å². The second-order valence-corrected chi connectivity index (χ2v) is 11.8. The molecule has 0 aliphatic heterocycles. The van der Waals surface area contributed by atoms with Crippen molar-refractivity contribution in [3.8, 4) is 0 Å². The molecule has 8 heteroatoms. The molecule has 0 unspecified atom stereocenters. The fourth-order valence-corrected chi connectivity index (χ4v) is 7.39. The number of benzene rings is 1. The highest BCUT2D eigenvalue weighted by molar-refractivity contribution is 9.10. The molecule has 0 radical (unpaired) electrons. The van der Waals surface area contributed by atoms with Gasteiger partial charge in [0.25, 0.3) is 0 Å². The largest absolute Gasteiger partial charge is 0.351 e. The third kappa shape index (κ3) is 3.75. The molecule has 5 rings (SSSR count). The highest BCUT2D eigenvalue weighted by Crippen LogP contribution is 2.53. The molecule has 4 aliphatic rings. The average Bonchev–Trinajstić information content (AvgIpc) is 2.55. The maximum Gasteiger partial charge on any atom is 0.244 e. The predicted molar refractivity (Wildman–Crippen MR) is 107 cm³/mol. The molecule has 0 atom stereocenters. The van der Waals surface area contributed by atoms with Crippen LogP contribution in [0.5, 0.6) is 0 Å². The molecule has 1 aromatic carbocycles. The Bertz CT molecular complexity index is 875. The summed E-state index contributed by atoms with van der Waals surface area (Å²) < 4.78 is 42.3. The molecule has 4 fully saturated rings. The fourth-order valence-electron chi connectivity index (χ4n) is 5.62. The van der Waals surface area contributed by atoms with Crippen molar-refractivity contribution in [3.05, 3.63) is 28.5 Å². The van der Waals surface area contributed by atoms with Crippen molar-refractivity contribution in [1.29, 1.82) is 0 Å². The molecule has 0 heterocycles. The van der Waals surface area contributed by atoms with E-state index in [1.165, 1.54) is 32.4 Å². The van der Waals surface area contributed by atoms with Gasteiger partial charge in [-0.15, -0.1) is 0 Å². The minimum absolute atomic E-state index is 0.119. The summed E-state index contributed by atoms with van der Waals surface area (Å²) in [6, 6.07) is 3.86. The Labute approximate surface area is 174 Å². The number of sulfonamides is 1. The zero-order valence-corrected chi connectivity index (χ0v) is 18.4. The van der Waals surface area contributed by atoms with Crippen molar-refractivity contribution < 1.29 is 17.6 Å². The zero-order chi connectivity index (χ0) is 20.3. The van der Waals surface area contributed by atoms with Crippen LogP contribution < -0.4 is 10.0 Å². The van der Waals surface area contributed by atoms with Crippen LogP contribution >= 0.6 is 15.9 Å². The van der Waals surface area contributed by atoms with Gasteiger partial charge in [-0.2, -0.15) is 4.72 Å². The molecular weight excluding hydrogens is 447 g/mol. The second kappa shape index (κ2) is 7.06. The normalized spacial score (nSPS) is 31.8. The van der Waals surface area contributed by atoms with Crippen molar-refractivity contribution >= 4 is 31.9 Å². The zero-order valence-electron chi connectivity index (χ0n) is 16.0. The molecule has 4 saturated carbocycles. The van der Waals surface area contributed by atoms with Gasteiger partial charge in [0.1, 0.15) is 16.3 Å². The molecule has 0 saturated heterocycles. The first-order valence-electron chi connectivity index (χ1n) is 9.85. The van der Waals surface area contributed by atoms with E-state index in [9.17, 15) is 17.6 Å². The number of amides is 1. The van der Waals surface area contributed by atoms with Gasteiger partial charge in [0, 0.05) is 10.5 Å². The molecule has 2 N–H and O–H groups in total. The van der Waals surface area contributed by atoms with E-state index in [1.807, 2.05) is 0 Å². The van der Waals surface area contributed by atoms with Crippen molar-refractivity contribution in [3.63, 3.8) is 0 Å². The first kappa shape index (κ1) is 20.3. The van der Waals surface area contributed by atoms with E-state index >= 15 is 0 Å². The lowest BCUT2D eigenvalue weighted by molar-refractivity contribution is -0.129. The van der Waals surface area contributed by atoms with Gasteiger partial charge in [-0.3, -0.25) is 4.79 Å². The highest BCUT2D eigenvalue weighted by atomic mass is 79.9. The summed E-state index contributed by atoms with van der Waals surface area (Å²) in [5.74, 6) is 1.36. The van der Waals surface area contributed by atoms with E-state index < -0.39 is 26.3 Å². The van der Waals surface area contributed by atoms with E-state index in [1.54, 1.807) is 0 Å². The van der Waals surface area contributed by atoms with Crippen LogP contribution in [0.1, 0.15) is 46.0 Å². The molecule has 5 nitrogen and oxygen atoms in total. The van der Waals surface area contributed by atoms with Gasteiger partial charge in [0.05, 0.1) is 0 Å². The minimum Gasteiger partial charge on any atom is -0.351 e. The number of rotatable bonds is 5. The summed E-state index contributed by atoms with van der Waals surface area (Å²) in [6.45, 7) is 3.04. The molecule has 4 aliphatic carbocycles. The Balaban J connectivity index is 1.48. The summed E-state index contributed by atoms with van der Waals surface area (Å²) in [4.78, 5) is 12.5. The van der Waals surface area contributed by atoms with Gasteiger partial charge < -0.3 is 5.32 Å². The Morgan fingerprint density at radius 3 is 2.21 bits per heavy atom. The third-order valence-corrected chi connectivity index (χ3v) is 8.85. The lowest BCUT2D eigenvalue weighted by atomic mass is 9.54. The first-order valence-corrected chi connectivity index (χ1v) is 12.1. The molecule has 0 aromatic heterocycles. The summed E-state index contributed by atoms with van der Waals surface area (Å²) in [6.07, 6.45) is 5.97. The third-order valence-electron chi connectivity index (χ3n) is 6.67. The minimum atomic E-state index is -4.18. The summed E-state index contributed by atoms with van der Waals surface area (Å²) >= 11 is 3.11. The SMILES string of the molecule is CC(C)(NS(=O)(=O)c1ccc(Br)cc1F)C(=O)NC1C2CC3CC(C2)CC1C3. The van der Waals surface area contributed by atoms with Crippen molar-refractivity contribution in [2.24, 2.45) is 23.7 Å². The van der Waals surface area contributed by atoms with Gasteiger partial charge in [0.2, 0.25) is 15.9 Å². The van der Waals surface area contributed by atoms with E-state index in [2.05, 4.69) is 26.0 Å². The van der Waals surface area contributed by atoms with Gasteiger partial charge in [-0.1, -0.05) is 15.9 Å². The number of carbonyl (C=O) groups is 1. The second-order valence-electron chi connectivity index (χ2n) is 9.24. The van der Waals surface area contributed by atoms with Crippen molar-refractivity contribution in [2.45, 2.75) is 62.4 Å². The molecule has 4 bridgehead atoms. The average molecular weight is 473 g/mol. The van der Waals surface area contributed by atoms with E-state index in [0.29, 0.717) is 16.3 Å². The maximum atomic E-state index is 14.1. The summed E-state index contributed by atoms with van der Waals surface area (Å²) in [5.41, 5.74) is -1.38. The Kier molecular flexibility index (Phi) is 5.11. The molecule has 28 heavy (non-hydrogen) atoms. The van der Waals surface area contributed by atoms with Gasteiger partial charge in [-0.25, -0.2) is 12.8 Å². The number of nitrogens with one attached hydrogen (secondary N) is 2.